The molecule has 0 spiro atoms. The van der Waals surface area contributed by atoms with Gasteiger partial charge in [0.1, 0.15) is 6.54 Å². The molecular formula is C13H22N2O3. The number of methoxy groups -OCH3 is 1. The lowest BCUT2D eigenvalue weighted by molar-refractivity contribution is -0.121. The molecule has 0 saturated heterocycles. The number of rotatable bonds is 8. The molecule has 0 aliphatic carbocycles. The first-order chi connectivity index (χ1) is 8.67. The zero-order chi connectivity index (χ0) is 13.4. The van der Waals surface area contributed by atoms with Crippen LogP contribution in [0.15, 0.2) is 18.5 Å². The SMILES string of the molecule is CCCC(O)c1ccn(CC(=O)NCCOC)c1. The Morgan fingerprint density at radius 2 is 2.39 bits per heavy atom. The first-order valence-corrected chi connectivity index (χ1v) is 6.26. The molecule has 0 aliphatic rings. The molecular weight excluding hydrogens is 232 g/mol. The monoisotopic (exact) mass is 254 g/mol. The van der Waals surface area contributed by atoms with Crippen molar-refractivity contribution in [1.29, 1.82) is 0 Å². The normalized spacial score (nSPS) is 12.4. The maximum atomic E-state index is 11.5. The summed E-state index contributed by atoms with van der Waals surface area (Å²) in [6.45, 7) is 3.33. The Morgan fingerprint density at radius 1 is 1.61 bits per heavy atom. The molecule has 0 bridgehead atoms. The van der Waals surface area contributed by atoms with Gasteiger partial charge in [0.2, 0.25) is 5.91 Å². The van der Waals surface area contributed by atoms with Crippen LogP contribution in [0.2, 0.25) is 0 Å². The number of hydrogen-bond acceptors (Lipinski definition) is 3. The topological polar surface area (TPSA) is 63.5 Å². The van der Waals surface area contributed by atoms with Crippen LogP contribution in [-0.4, -0.2) is 35.8 Å². The lowest BCUT2D eigenvalue weighted by Gasteiger charge is -2.07. The molecule has 102 valence electrons. The minimum absolute atomic E-state index is 0.0563. The van der Waals surface area contributed by atoms with E-state index in [1.165, 1.54) is 0 Å². The summed E-state index contributed by atoms with van der Waals surface area (Å²) >= 11 is 0. The standard InChI is InChI=1S/C13H22N2O3/c1-3-4-12(16)11-5-7-15(9-11)10-13(17)14-6-8-18-2/h5,7,9,12,16H,3-4,6,8,10H2,1-2H3,(H,14,17). The Bertz CT molecular complexity index is 363. The van der Waals surface area contributed by atoms with Crippen molar-refractivity contribution in [3.05, 3.63) is 24.0 Å². The van der Waals surface area contributed by atoms with E-state index in [0.717, 1.165) is 18.4 Å². The third-order valence-electron chi connectivity index (χ3n) is 2.67. The highest BCUT2D eigenvalue weighted by molar-refractivity contribution is 5.75. The predicted octanol–water partition coefficient (Wildman–Crippen LogP) is 1.08. The fourth-order valence-electron chi connectivity index (χ4n) is 1.71. The zero-order valence-electron chi connectivity index (χ0n) is 11.1. The van der Waals surface area contributed by atoms with Gasteiger partial charge in [-0.25, -0.2) is 0 Å². The Labute approximate surface area is 108 Å². The summed E-state index contributed by atoms with van der Waals surface area (Å²) < 4.78 is 6.62. The fourth-order valence-corrected chi connectivity index (χ4v) is 1.71. The van der Waals surface area contributed by atoms with Crippen LogP contribution in [0.4, 0.5) is 0 Å². The molecule has 1 heterocycles. The average Bonchev–Trinajstić information content (AvgIpc) is 2.78. The van der Waals surface area contributed by atoms with Gasteiger partial charge in [0.05, 0.1) is 12.7 Å². The predicted molar refractivity (Wildman–Crippen MR) is 69.2 cm³/mol. The van der Waals surface area contributed by atoms with Gasteiger partial charge in [-0.3, -0.25) is 4.79 Å². The maximum absolute atomic E-state index is 11.5. The van der Waals surface area contributed by atoms with Gasteiger partial charge in [0.15, 0.2) is 0 Å². The van der Waals surface area contributed by atoms with Crippen molar-refractivity contribution >= 4 is 5.91 Å². The van der Waals surface area contributed by atoms with Crippen LogP contribution in [-0.2, 0) is 16.1 Å². The Hall–Kier alpha value is -1.33. The van der Waals surface area contributed by atoms with E-state index < -0.39 is 6.10 Å². The molecule has 0 aliphatic heterocycles. The number of amides is 1. The molecule has 0 fully saturated rings. The van der Waals surface area contributed by atoms with Crippen LogP contribution >= 0.6 is 0 Å². The highest BCUT2D eigenvalue weighted by atomic mass is 16.5. The zero-order valence-corrected chi connectivity index (χ0v) is 11.1. The van der Waals surface area contributed by atoms with E-state index in [4.69, 9.17) is 4.74 Å². The molecule has 0 aromatic carbocycles. The van der Waals surface area contributed by atoms with Crippen molar-refractivity contribution in [2.45, 2.75) is 32.4 Å². The number of nitrogens with zero attached hydrogens (tertiary/aromatic N) is 1. The number of ether oxygens (including phenoxy) is 1. The summed E-state index contributed by atoms with van der Waals surface area (Å²) in [5.41, 5.74) is 0.863. The van der Waals surface area contributed by atoms with Crippen molar-refractivity contribution in [1.82, 2.24) is 9.88 Å². The van der Waals surface area contributed by atoms with Crippen molar-refractivity contribution in [2.24, 2.45) is 0 Å². The molecule has 1 unspecified atom stereocenters. The van der Waals surface area contributed by atoms with Gasteiger partial charge >= 0.3 is 0 Å². The van der Waals surface area contributed by atoms with Crippen molar-refractivity contribution in [2.75, 3.05) is 20.3 Å². The number of hydrogen-bond donors (Lipinski definition) is 2. The summed E-state index contributed by atoms with van der Waals surface area (Å²) in [5, 5.41) is 12.6. The largest absolute Gasteiger partial charge is 0.388 e. The molecule has 2 N–H and O–H groups in total. The van der Waals surface area contributed by atoms with Crippen LogP contribution in [0.5, 0.6) is 0 Å². The van der Waals surface area contributed by atoms with Crippen molar-refractivity contribution < 1.29 is 14.6 Å². The number of nitrogens with one attached hydrogen (secondary N) is 1. The molecule has 5 heteroatoms. The second kappa shape index (κ2) is 7.89. The Kier molecular flexibility index (Phi) is 6.46. The van der Waals surface area contributed by atoms with E-state index in [2.05, 4.69) is 5.32 Å². The summed E-state index contributed by atoms with van der Waals surface area (Å²) in [5.74, 6) is -0.0563. The van der Waals surface area contributed by atoms with Crippen molar-refractivity contribution in [3.63, 3.8) is 0 Å². The number of aliphatic hydroxyl groups is 1. The summed E-state index contributed by atoms with van der Waals surface area (Å²) in [6, 6.07) is 1.85. The first kappa shape index (κ1) is 14.7. The van der Waals surface area contributed by atoms with E-state index >= 15 is 0 Å². The Morgan fingerprint density at radius 3 is 3.06 bits per heavy atom. The number of carbonyl (C=O) groups is 1. The molecule has 0 saturated carbocycles. The van der Waals surface area contributed by atoms with Gasteiger partial charge < -0.3 is 19.7 Å². The number of aliphatic hydroxyl groups excluding tert-OH is 1. The molecule has 1 aromatic rings. The molecule has 1 rings (SSSR count). The molecule has 1 aromatic heterocycles. The van der Waals surface area contributed by atoms with E-state index in [1.54, 1.807) is 11.7 Å². The second-order valence-electron chi connectivity index (χ2n) is 4.26. The van der Waals surface area contributed by atoms with Crippen molar-refractivity contribution in [3.8, 4) is 0 Å². The minimum atomic E-state index is -0.437. The quantitative estimate of drug-likeness (QED) is 0.682. The molecule has 5 nitrogen and oxygen atoms in total. The number of aromatic nitrogens is 1. The first-order valence-electron chi connectivity index (χ1n) is 6.26. The minimum Gasteiger partial charge on any atom is -0.388 e. The summed E-state index contributed by atoms with van der Waals surface area (Å²) in [6.07, 6.45) is 4.86. The molecule has 1 atom stereocenters. The van der Waals surface area contributed by atoms with Crippen LogP contribution < -0.4 is 5.32 Å². The summed E-state index contributed by atoms with van der Waals surface area (Å²) in [4.78, 5) is 11.5. The summed E-state index contributed by atoms with van der Waals surface area (Å²) in [7, 11) is 1.60. The van der Waals surface area contributed by atoms with Gasteiger partial charge in [-0.1, -0.05) is 13.3 Å². The van der Waals surface area contributed by atoms with Crippen LogP contribution in [0.25, 0.3) is 0 Å². The van der Waals surface area contributed by atoms with E-state index in [0.29, 0.717) is 13.2 Å². The van der Waals surface area contributed by atoms with Gasteiger partial charge in [0, 0.05) is 26.0 Å². The fraction of sp³-hybridized carbons (Fsp3) is 0.615. The highest BCUT2D eigenvalue weighted by Crippen LogP contribution is 2.18. The van der Waals surface area contributed by atoms with Gasteiger partial charge in [-0.05, 0) is 18.1 Å². The van der Waals surface area contributed by atoms with Crippen LogP contribution in [0.3, 0.4) is 0 Å². The van der Waals surface area contributed by atoms with Crippen LogP contribution in [0, 0.1) is 0 Å². The van der Waals surface area contributed by atoms with E-state index in [1.807, 2.05) is 25.4 Å². The highest BCUT2D eigenvalue weighted by Gasteiger charge is 2.09. The maximum Gasteiger partial charge on any atom is 0.239 e. The smallest absolute Gasteiger partial charge is 0.239 e. The third-order valence-corrected chi connectivity index (χ3v) is 2.67. The number of carbonyl (C=O) groups excluding carboxylic acids is 1. The lowest BCUT2D eigenvalue weighted by Crippen LogP contribution is -2.29. The van der Waals surface area contributed by atoms with Gasteiger partial charge in [-0.15, -0.1) is 0 Å². The Balaban J connectivity index is 2.41. The van der Waals surface area contributed by atoms with E-state index in [-0.39, 0.29) is 12.5 Å². The molecule has 18 heavy (non-hydrogen) atoms. The molecule has 1 amide bonds. The van der Waals surface area contributed by atoms with Gasteiger partial charge in [-0.2, -0.15) is 0 Å². The van der Waals surface area contributed by atoms with Gasteiger partial charge in [0.25, 0.3) is 0 Å². The molecule has 0 radical (unpaired) electrons. The van der Waals surface area contributed by atoms with E-state index in [9.17, 15) is 9.90 Å². The van der Waals surface area contributed by atoms with Crippen LogP contribution in [0.1, 0.15) is 31.4 Å². The second-order valence-corrected chi connectivity index (χ2v) is 4.26. The third kappa shape index (κ3) is 4.89. The lowest BCUT2D eigenvalue weighted by atomic mass is 10.1. The average molecular weight is 254 g/mol.